The number of anilines is 1. The first-order valence-electron chi connectivity index (χ1n) is 6.35. The average molecular weight is 290 g/mol. The predicted molar refractivity (Wildman–Crippen MR) is 82.4 cm³/mol. The Labute approximate surface area is 122 Å². The first-order valence-corrected chi connectivity index (χ1v) is 7.30. The number of benzene rings is 1. The second-order valence-corrected chi connectivity index (χ2v) is 5.45. The Morgan fingerprint density at radius 1 is 1.45 bits per heavy atom. The van der Waals surface area contributed by atoms with Crippen molar-refractivity contribution in [1.82, 2.24) is 5.32 Å². The lowest BCUT2D eigenvalue weighted by Gasteiger charge is -2.14. The molecule has 1 aromatic heterocycles. The van der Waals surface area contributed by atoms with Crippen LogP contribution in [0.1, 0.15) is 22.8 Å². The van der Waals surface area contributed by atoms with Gasteiger partial charge < -0.3 is 15.8 Å². The summed E-state index contributed by atoms with van der Waals surface area (Å²) in [4.78, 5) is 12.1. The van der Waals surface area contributed by atoms with E-state index in [0.29, 0.717) is 17.0 Å². The molecule has 1 atom stereocenters. The molecule has 2 aromatic rings. The third-order valence-electron chi connectivity index (χ3n) is 2.99. The molecular formula is C15H18N2O2S. The molecule has 4 nitrogen and oxygen atoms in total. The Kier molecular flexibility index (Phi) is 4.63. The third-order valence-corrected chi connectivity index (χ3v) is 3.72. The highest BCUT2D eigenvalue weighted by atomic mass is 32.1. The van der Waals surface area contributed by atoms with Gasteiger partial charge in [0.1, 0.15) is 5.75 Å². The molecular weight excluding hydrogens is 272 g/mol. The zero-order valence-corrected chi connectivity index (χ0v) is 12.4. The summed E-state index contributed by atoms with van der Waals surface area (Å²) >= 11 is 1.66. The molecule has 0 saturated carbocycles. The molecule has 0 aliphatic heterocycles. The molecule has 0 spiro atoms. The fourth-order valence-corrected chi connectivity index (χ4v) is 2.68. The SMILES string of the molecule is COc1ccc(C(=O)NC(C)Cc2ccsc2)cc1N. The highest BCUT2D eigenvalue weighted by Crippen LogP contribution is 2.21. The number of rotatable bonds is 5. The normalized spacial score (nSPS) is 11.9. The zero-order valence-electron chi connectivity index (χ0n) is 11.6. The van der Waals surface area contributed by atoms with Gasteiger partial charge in [0.15, 0.2) is 0 Å². The molecule has 1 heterocycles. The van der Waals surface area contributed by atoms with Crippen LogP contribution in [-0.2, 0) is 6.42 Å². The summed E-state index contributed by atoms with van der Waals surface area (Å²) in [5.74, 6) is 0.454. The van der Waals surface area contributed by atoms with Crippen LogP contribution in [0.5, 0.6) is 5.75 Å². The standard InChI is InChI=1S/C15H18N2O2S/c1-10(7-11-5-6-20-9-11)17-15(18)12-3-4-14(19-2)13(16)8-12/h3-6,8-10H,7,16H2,1-2H3,(H,17,18). The lowest BCUT2D eigenvalue weighted by Crippen LogP contribution is -2.34. The van der Waals surface area contributed by atoms with Gasteiger partial charge in [-0.05, 0) is 53.9 Å². The lowest BCUT2D eigenvalue weighted by atomic mass is 10.1. The second kappa shape index (κ2) is 6.43. The molecule has 0 aliphatic rings. The number of nitrogens with one attached hydrogen (secondary N) is 1. The van der Waals surface area contributed by atoms with E-state index >= 15 is 0 Å². The minimum atomic E-state index is -0.123. The Hall–Kier alpha value is -2.01. The molecule has 106 valence electrons. The number of hydrogen-bond donors (Lipinski definition) is 2. The van der Waals surface area contributed by atoms with E-state index in [1.807, 2.05) is 12.3 Å². The number of thiophene rings is 1. The van der Waals surface area contributed by atoms with Crippen LogP contribution in [0, 0.1) is 0 Å². The molecule has 0 aliphatic carbocycles. The molecule has 1 aromatic carbocycles. The minimum absolute atomic E-state index is 0.0698. The van der Waals surface area contributed by atoms with Crippen LogP contribution in [0.15, 0.2) is 35.0 Å². The fourth-order valence-electron chi connectivity index (χ4n) is 2.00. The largest absolute Gasteiger partial charge is 0.495 e. The summed E-state index contributed by atoms with van der Waals surface area (Å²) in [6, 6.07) is 7.18. The molecule has 0 bridgehead atoms. The van der Waals surface area contributed by atoms with E-state index in [2.05, 4.69) is 16.8 Å². The topological polar surface area (TPSA) is 64.3 Å². The molecule has 0 saturated heterocycles. The van der Waals surface area contributed by atoms with Gasteiger partial charge in [-0.25, -0.2) is 0 Å². The van der Waals surface area contributed by atoms with E-state index in [9.17, 15) is 4.79 Å². The molecule has 5 heteroatoms. The van der Waals surface area contributed by atoms with Gasteiger partial charge in [-0.2, -0.15) is 11.3 Å². The van der Waals surface area contributed by atoms with E-state index in [0.717, 1.165) is 6.42 Å². The van der Waals surface area contributed by atoms with Gasteiger partial charge in [-0.15, -0.1) is 0 Å². The second-order valence-electron chi connectivity index (χ2n) is 4.67. The van der Waals surface area contributed by atoms with Crippen LogP contribution in [0.2, 0.25) is 0 Å². The van der Waals surface area contributed by atoms with Crippen molar-refractivity contribution in [3.05, 3.63) is 46.2 Å². The first-order chi connectivity index (χ1) is 9.60. The number of nitrogen functional groups attached to an aromatic ring is 1. The highest BCUT2D eigenvalue weighted by Gasteiger charge is 2.12. The predicted octanol–water partition coefficient (Wildman–Crippen LogP) is 2.70. The van der Waals surface area contributed by atoms with Crippen molar-refractivity contribution in [3.63, 3.8) is 0 Å². The van der Waals surface area contributed by atoms with Crippen LogP contribution in [0.4, 0.5) is 5.69 Å². The van der Waals surface area contributed by atoms with E-state index < -0.39 is 0 Å². The van der Waals surface area contributed by atoms with Crippen molar-refractivity contribution < 1.29 is 9.53 Å². The van der Waals surface area contributed by atoms with Gasteiger partial charge in [-0.1, -0.05) is 0 Å². The Morgan fingerprint density at radius 2 is 2.25 bits per heavy atom. The summed E-state index contributed by atoms with van der Waals surface area (Å²) in [5, 5.41) is 7.10. The van der Waals surface area contributed by atoms with E-state index in [4.69, 9.17) is 10.5 Å². The van der Waals surface area contributed by atoms with Crippen molar-refractivity contribution in [2.75, 3.05) is 12.8 Å². The van der Waals surface area contributed by atoms with Crippen LogP contribution in [-0.4, -0.2) is 19.1 Å². The third kappa shape index (κ3) is 3.51. The number of hydrogen-bond acceptors (Lipinski definition) is 4. The van der Waals surface area contributed by atoms with Crippen LogP contribution < -0.4 is 15.8 Å². The number of methoxy groups -OCH3 is 1. The maximum atomic E-state index is 12.1. The van der Waals surface area contributed by atoms with E-state index in [-0.39, 0.29) is 11.9 Å². The van der Waals surface area contributed by atoms with Crippen LogP contribution in [0.25, 0.3) is 0 Å². The molecule has 3 N–H and O–H groups in total. The first kappa shape index (κ1) is 14.4. The summed E-state index contributed by atoms with van der Waals surface area (Å²) in [7, 11) is 1.55. The number of nitrogens with two attached hydrogens (primary N) is 1. The van der Waals surface area contributed by atoms with Gasteiger partial charge in [0.2, 0.25) is 0 Å². The van der Waals surface area contributed by atoms with Crippen LogP contribution in [0.3, 0.4) is 0 Å². The van der Waals surface area contributed by atoms with Crippen molar-refractivity contribution in [3.8, 4) is 5.75 Å². The lowest BCUT2D eigenvalue weighted by molar-refractivity contribution is 0.0940. The van der Waals surface area contributed by atoms with Gasteiger partial charge in [0, 0.05) is 11.6 Å². The quantitative estimate of drug-likeness (QED) is 0.832. The highest BCUT2D eigenvalue weighted by molar-refractivity contribution is 7.07. The summed E-state index contributed by atoms with van der Waals surface area (Å²) in [5.41, 5.74) is 8.05. The summed E-state index contributed by atoms with van der Waals surface area (Å²) in [6.07, 6.45) is 0.820. The number of ether oxygens (including phenoxy) is 1. The summed E-state index contributed by atoms with van der Waals surface area (Å²) in [6.45, 7) is 1.99. The Balaban J connectivity index is 1.99. The van der Waals surface area contributed by atoms with Crippen molar-refractivity contribution in [2.24, 2.45) is 0 Å². The van der Waals surface area contributed by atoms with Gasteiger partial charge in [0.25, 0.3) is 5.91 Å². The molecule has 2 rings (SSSR count). The average Bonchev–Trinajstić information content (AvgIpc) is 2.91. The number of carbonyl (C=O) groups excluding carboxylic acids is 1. The van der Waals surface area contributed by atoms with Gasteiger partial charge in [0.05, 0.1) is 12.8 Å². The van der Waals surface area contributed by atoms with Crippen molar-refractivity contribution in [1.29, 1.82) is 0 Å². The van der Waals surface area contributed by atoms with E-state index in [1.165, 1.54) is 5.56 Å². The molecule has 1 unspecified atom stereocenters. The zero-order chi connectivity index (χ0) is 14.5. The summed E-state index contributed by atoms with van der Waals surface area (Å²) < 4.78 is 5.08. The van der Waals surface area contributed by atoms with Crippen molar-refractivity contribution >= 4 is 22.9 Å². The monoisotopic (exact) mass is 290 g/mol. The molecule has 0 fully saturated rings. The smallest absolute Gasteiger partial charge is 0.251 e. The number of amides is 1. The van der Waals surface area contributed by atoms with Crippen molar-refractivity contribution in [2.45, 2.75) is 19.4 Å². The Morgan fingerprint density at radius 3 is 2.85 bits per heavy atom. The number of carbonyl (C=O) groups is 1. The van der Waals surface area contributed by atoms with Gasteiger partial charge in [-0.3, -0.25) is 4.79 Å². The maximum absolute atomic E-state index is 12.1. The molecule has 20 heavy (non-hydrogen) atoms. The fraction of sp³-hybridized carbons (Fsp3) is 0.267. The van der Waals surface area contributed by atoms with Crippen LogP contribution >= 0.6 is 11.3 Å². The Bertz CT molecular complexity index is 582. The molecule has 1 amide bonds. The van der Waals surface area contributed by atoms with E-state index in [1.54, 1.807) is 36.6 Å². The minimum Gasteiger partial charge on any atom is -0.495 e. The maximum Gasteiger partial charge on any atom is 0.251 e. The van der Waals surface area contributed by atoms with Gasteiger partial charge >= 0.3 is 0 Å². The molecule has 0 radical (unpaired) electrons.